The van der Waals surface area contributed by atoms with Gasteiger partial charge < -0.3 is 10.4 Å². The van der Waals surface area contributed by atoms with Gasteiger partial charge in [0.05, 0.1) is 10.5 Å². The van der Waals surface area contributed by atoms with Crippen LogP contribution >= 0.6 is 12.4 Å². The molecule has 0 spiro atoms. The van der Waals surface area contributed by atoms with Gasteiger partial charge in [-0.3, -0.25) is 10.1 Å². The summed E-state index contributed by atoms with van der Waals surface area (Å²) in [6.45, 7) is 0.308. The third kappa shape index (κ3) is 3.81. The van der Waals surface area contributed by atoms with Crippen LogP contribution in [0.5, 0.6) is 0 Å². The molecule has 138 valence electrons. The fraction of sp³-hybridized carbons (Fsp3) is 0.235. The molecule has 2 aromatic rings. The zero-order chi connectivity index (χ0) is 18.1. The maximum absolute atomic E-state index is 13.9. The zero-order valence-electron chi connectivity index (χ0n) is 13.3. The van der Waals surface area contributed by atoms with Gasteiger partial charge >= 0.3 is 5.97 Å². The van der Waals surface area contributed by atoms with Gasteiger partial charge in [-0.1, -0.05) is 0 Å². The monoisotopic (exact) mass is 384 g/mol. The Labute approximate surface area is 153 Å². The van der Waals surface area contributed by atoms with E-state index in [1.54, 1.807) is 0 Å². The highest BCUT2D eigenvalue weighted by molar-refractivity contribution is 5.90. The summed E-state index contributed by atoms with van der Waals surface area (Å²) in [5, 5.41) is 23.3. The number of nitrogens with one attached hydrogen (secondary N) is 1. The minimum Gasteiger partial charge on any atom is -0.478 e. The molecule has 1 heterocycles. The minimum atomic E-state index is -1.19. The second-order valence-electron chi connectivity index (χ2n) is 5.89. The average molecular weight is 385 g/mol. The van der Waals surface area contributed by atoms with E-state index >= 15 is 0 Å². The van der Waals surface area contributed by atoms with Crippen LogP contribution in [-0.4, -0.2) is 22.5 Å². The van der Waals surface area contributed by atoms with Crippen molar-refractivity contribution in [3.8, 4) is 0 Å². The molecule has 0 radical (unpaired) electrons. The molecule has 1 aliphatic rings. The Morgan fingerprint density at radius 2 is 1.92 bits per heavy atom. The average Bonchev–Trinajstić information content (AvgIpc) is 3.06. The highest BCUT2D eigenvalue weighted by atomic mass is 35.5. The number of non-ortho nitro benzene ring substituents is 1. The smallest absolute Gasteiger partial charge is 0.335 e. The van der Waals surface area contributed by atoms with Crippen LogP contribution in [0.3, 0.4) is 0 Å². The molecule has 0 bridgehead atoms. The summed E-state index contributed by atoms with van der Waals surface area (Å²) in [6.07, 6.45) is 0.307. The van der Waals surface area contributed by atoms with Gasteiger partial charge in [-0.25, -0.2) is 13.6 Å². The van der Waals surface area contributed by atoms with Crippen LogP contribution in [-0.2, 0) is 0 Å². The molecule has 9 heteroatoms. The van der Waals surface area contributed by atoms with Crippen LogP contribution in [0.25, 0.3) is 0 Å². The van der Waals surface area contributed by atoms with Crippen LogP contribution in [0.2, 0.25) is 0 Å². The lowest BCUT2D eigenvalue weighted by molar-refractivity contribution is -0.384. The van der Waals surface area contributed by atoms with Gasteiger partial charge in [0.15, 0.2) is 0 Å². The number of benzene rings is 2. The van der Waals surface area contributed by atoms with E-state index in [4.69, 9.17) is 0 Å². The van der Waals surface area contributed by atoms with E-state index in [1.807, 2.05) is 0 Å². The predicted octanol–water partition coefficient (Wildman–Crippen LogP) is 3.81. The lowest BCUT2D eigenvalue weighted by Gasteiger charge is -2.14. The number of carbonyl (C=O) groups is 1. The molecule has 1 aliphatic heterocycles. The molecule has 2 unspecified atom stereocenters. The molecule has 3 rings (SSSR count). The van der Waals surface area contributed by atoms with Crippen LogP contribution in [0.4, 0.5) is 14.5 Å². The number of hydrogen-bond donors (Lipinski definition) is 2. The predicted molar refractivity (Wildman–Crippen MR) is 91.8 cm³/mol. The van der Waals surface area contributed by atoms with Crippen molar-refractivity contribution in [3.63, 3.8) is 0 Å². The maximum Gasteiger partial charge on any atom is 0.335 e. The number of nitrogens with zero attached hydrogens (tertiary/aromatic N) is 1. The number of hydrogen-bond acceptors (Lipinski definition) is 4. The Bertz CT molecular complexity index is 863. The van der Waals surface area contributed by atoms with Crippen molar-refractivity contribution >= 4 is 24.1 Å². The lowest BCUT2D eigenvalue weighted by atomic mass is 9.90. The van der Waals surface area contributed by atoms with E-state index in [2.05, 4.69) is 5.32 Å². The molecule has 2 N–H and O–H groups in total. The first-order valence-corrected chi connectivity index (χ1v) is 7.56. The van der Waals surface area contributed by atoms with Crippen molar-refractivity contribution in [2.24, 2.45) is 0 Å². The molecule has 6 nitrogen and oxygen atoms in total. The summed E-state index contributed by atoms with van der Waals surface area (Å²) in [7, 11) is 0. The third-order valence-electron chi connectivity index (χ3n) is 4.38. The second kappa shape index (κ2) is 7.76. The van der Waals surface area contributed by atoms with Crippen molar-refractivity contribution in [1.82, 2.24) is 5.32 Å². The van der Waals surface area contributed by atoms with E-state index in [0.717, 1.165) is 24.3 Å². The molecular formula is C17H15ClF2N2O4. The molecule has 26 heavy (non-hydrogen) atoms. The van der Waals surface area contributed by atoms with Crippen molar-refractivity contribution in [2.45, 2.75) is 18.4 Å². The summed E-state index contributed by atoms with van der Waals surface area (Å²) in [5.41, 5.74) is 0.233. The van der Waals surface area contributed by atoms with E-state index in [0.29, 0.717) is 18.5 Å². The van der Waals surface area contributed by atoms with Gasteiger partial charge in [-0.2, -0.15) is 0 Å². The normalized spacial score (nSPS) is 19.0. The van der Waals surface area contributed by atoms with Gasteiger partial charge in [0.2, 0.25) is 0 Å². The van der Waals surface area contributed by atoms with E-state index in [9.17, 15) is 28.8 Å². The molecule has 0 aliphatic carbocycles. The first-order chi connectivity index (χ1) is 11.9. The number of carboxylic acid groups (broad SMARTS) is 1. The highest BCUT2D eigenvalue weighted by Crippen LogP contribution is 2.37. The van der Waals surface area contributed by atoms with Crippen LogP contribution < -0.4 is 5.32 Å². The molecule has 2 atom stereocenters. The molecular weight excluding hydrogens is 370 g/mol. The first-order valence-electron chi connectivity index (χ1n) is 7.56. The van der Waals surface area contributed by atoms with Gasteiger partial charge in [0, 0.05) is 30.3 Å². The molecule has 1 saturated heterocycles. The van der Waals surface area contributed by atoms with Crippen molar-refractivity contribution in [3.05, 3.63) is 74.8 Å². The van der Waals surface area contributed by atoms with Gasteiger partial charge in [0.25, 0.3) is 5.69 Å². The summed E-state index contributed by atoms with van der Waals surface area (Å²) in [4.78, 5) is 21.8. The number of carboxylic acids is 1. The Kier molecular flexibility index (Phi) is 5.89. The second-order valence-corrected chi connectivity index (χ2v) is 5.89. The summed E-state index contributed by atoms with van der Waals surface area (Å²) in [5.74, 6) is -2.68. The highest BCUT2D eigenvalue weighted by Gasteiger charge is 2.31. The van der Waals surface area contributed by atoms with Crippen molar-refractivity contribution in [1.29, 1.82) is 0 Å². The van der Waals surface area contributed by atoms with Gasteiger partial charge in [0.1, 0.15) is 11.6 Å². The number of halogens is 3. The third-order valence-corrected chi connectivity index (χ3v) is 4.38. The Hall–Kier alpha value is -2.58. The van der Waals surface area contributed by atoms with E-state index in [1.165, 1.54) is 12.1 Å². The van der Waals surface area contributed by atoms with Gasteiger partial charge in [-0.15, -0.1) is 12.4 Å². The lowest BCUT2D eigenvalue weighted by Crippen LogP contribution is -2.15. The maximum atomic E-state index is 13.9. The van der Waals surface area contributed by atoms with Crippen LogP contribution in [0.1, 0.15) is 39.9 Å². The Balaban J connectivity index is 0.00000243. The van der Waals surface area contributed by atoms with Crippen LogP contribution in [0, 0.1) is 21.7 Å². The largest absolute Gasteiger partial charge is 0.478 e. The minimum absolute atomic E-state index is 0. The SMILES string of the molecule is Cl.O=C(O)c1ccc([N+](=O)[O-])cc1C1CNC(c2cc(F)ccc2F)C1. The Morgan fingerprint density at radius 1 is 1.19 bits per heavy atom. The standard InChI is InChI=1S/C17H14F2N2O4.ClH/c18-10-1-4-15(19)14(6-10)16-5-9(8-20-16)13-7-11(21(24)25)2-3-12(13)17(22)23;/h1-4,6-7,9,16,20H,5,8H2,(H,22,23);1H. The molecule has 2 aromatic carbocycles. The quantitative estimate of drug-likeness (QED) is 0.617. The van der Waals surface area contributed by atoms with Crippen LogP contribution in [0.15, 0.2) is 36.4 Å². The number of aromatic carboxylic acids is 1. The summed E-state index contributed by atoms with van der Waals surface area (Å²) in [6, 6.07) is 6.23. The van der Waals surface area contributed by atoms with E-state index in [-0.39, 0.29) is 35.1 Å². The van der Waals surface area contributed by atoms with E-state index < -0.39 is 28.6 Å². The number of rotatable bonds is 4. The van der Waals surface area contributed by atoms with Crippen molar-refractivity contribution in [2.75, 3.05) is 6.54 Å². The number of nitro groups is 1. The molecule has 0 amide bonds. The fourth-order valence-electron chi connectivity index (χ4n) is 3.19. The topological polar surface area (TPSA) is 92.5 Å². The molecule has 1 fully saturated rings. The fourth-order valence-corrected chi connectivity index (χ4v) is 3.19. The molecule has 0 aromatic heterocycles. The zero-order valence-corrected chi connectivity index (χ0v) is 14.1. The van der Waals surface area contributed by atoms with Crippen molar-refractivity contribution < 1.29 is 23.6 Å². The first kappa shape index (κ1) is 19.7. The number of nitro benzene ring substituents is 1. The summed E-state index contributed by atoms with van der Waals surface area (Å²) >= 11 is 0. The Morgan fingerprint density at radius 3 is 2.58 bits per heavy atom. The van der Waals surface area contributed by atoms with Gasteiger partial charge in [-0.05, 0) is 42.2 Å². The summed E-state index contributed by atoms with van der Waals surface area (Å²) < 4.78 is 27.3. The molecule has 0 saturated carbocycles.